The Morgan fingerprint density at radius 3 is 2.58 bits per heavy atom. The molecule has 0 aliphatic rings. The first-order valence-electron chi connectivity index (χ1n) is 5.76. The zero-order valence-corrected chi connectivity index (χ0v) is 10.8. The largest absolute Gasteiger partial charge is 0.496 e. The van der Waals surface area contributed by atoms with E-state index in [0.717, 1.165) is 16.5 Å². The van der Waals surface area contributed by atoms with Crippen molar-refractivity contribution < 1.29 is 19.4 Å². The Kier molecular flexibility index (Phi) is 3.75. The third-order valence-corrected chi connectivity index (χ3v) is 2.81. The van der Waals surface area contributed by atoms with Crippen LogP contribution in [0, 0.1) is 0 Å². The van der Waals surface area contributed by atoms with Gasteiger partial charge in [0, 0.05) is 5.39 Å². The Hall–Kier alpha value is -2.43. The van der Waals surface area contributed by atoms with Gasteiger partial charge < -0.3 is 19.9 Å². The summed E-state index contributed by atoms with van der Waals surface area (Å²) in [4.78, 5) is 10.6. The van der Waals surface area contributed by atoms with Crippen LogP contribution in [-0.4, -0.2) is 31.8 Å². The molecule has 19 heavy (non-hydrogen) atoms. The molecule has 0 saturated heterocycles. The van der Waals surface area contributed by atoms with Crippen LogP contribution < -0.4 is 14.8 Å². The molecule has 0 fully saturated rings. The number of carbonyl (C=O) groups is 1. The van der Waals surface area contributed by atoms with E-state index in [9.17, 15) is 4.79 Å². The monoisotopic (exact) mass is 261 g/mol. The van der Waals surface area contributed by atoms with Crippen LogP contribution in [0.1, 0.15) is 0 Å². The molecule has 0 unspecified atom stereocenters. The summed E-state index contributed by atoms with van der Waals surface area (Å²) in [6, 6.07) is 9.38. The Morgan fingerprint density at radius 1 is 1.21 bits per heavy atom. The Balaban J connectivity index is 2.51. The first-order valence-corrected chi connectivity index (χ1v) is 5.76. The van der Waals surface area contributed by atoms with Gasteiger partial charge >= 0.3 is 5.97 Å². The van der Waals surface area contributed by atoms with Crippen LogP contribution in [0.3, 0.4) is 0 Å². The van der Waals surface area contributed by atoms with Crippen LogP contribution >= 0.6 is 0 Å². The van der Waals surface area contributed by atoms with Gasteiger partial charge in [-0.05, 0) is 23.6 Å². The number of ether oxygens (including phenoxy) is 2. The van der Waals surface area contributed by atoms with Crippen molar-refractivity contribution in [2.24, 2.45) is 0 Å². The number of benzene rings is 2. The lowest BCUT2D eigenvalue weighted by Crippen LogP contribution is -2.12. The van der Waals surface area contributed by atoms with Crippen molar-refractivity contribution in [3.63, 3.8) is 0 Å². The maximum Gasteiger partial charge on any atom is 0.322 e. The highest BCUT2D eigenvalue weighted by Gasteiger charge is 2.09. The van der Waals surface area contributed by atoms with Gasteiger partial charge in [0.2, 0.25) is 0 Å². The predicted octanol–water partition coefficient (Wildman–Crippen LogP) is 2.35. The third kappa shape index (κ3) is 2.70. The van der Waals surface area contributed by atoms with Crippen molar-refractivity contribution in [1.82, 2.24) is 0 Å². The molecule has 0 aromatic heterocycles. The van der Waals surface area contributed by atoms with E-state index < -0.39 is 5.97 Å². The molecule has 0 aliphatic heterocycles. The predicted molar refractivity (Wildman–Crippen MR) is 73.2 cm³/mol. The van der Waals surface area contributed by atoms with Crippen LogP contribution in [0.4, 0.5) is 5.69 Å². The second-order valence-corrected chi connectivity index (χ2v) is 3.98. The number of anilines is 1. The lowest BCUT2D eigenvalue weighted by Gasteiger charge is -2.13. The molecule has 2 rings (SSSR count). The van der Waals surface area contributed by atoms with E-state index in [4.69, 9.17) is 14.6 Å². The standard InChI is InChI=1S/C14H15NO4/c1-18-12-5-3-4-9-6-13(19-2)11(7-10(9)12)15-8-14(16)17/h3-7,15H,8H2,1-2H3,(H,16,17). The second kappa shape index (κ2) is 5.48. The highest BCUT2D eigenvalue weighted by atomic mass is 16.5. The normalized spacial score (nSPS) is 10.2. The van der Waals surface area contributed by atoms with Crippen LogP contribution in [0.5, 0.6) is 11.5 Å². The Morgan fingerprint density at radius 2 is 1.95 bits per heavy atom. The molecular formula is C14H15NO4. The van der Waals surface area contributed by atoms with E-state index in [0.29, 0.717) is 11.4 Å². The molecule has 0 spiro atoms. The molecule has 5 heteroatoms. The van der Waals surface area contributed by atoms with Gasteiger partial charge in [-0.15, -0.1) is 0 Å². The summed E-state index contributed by atoms with van der Waals surface area (Å²) in [6.07, 6.45) is 0. The number of nitrogens with one attached hydrogen (secondary N) is 1. The quantitative estimate of drug-likeness (QED) is 0.864. The molecule has 2 aromatic rings. The van der Waals surface area contributed by atoms with Gasteiger partial charge in [0.25, 0.3) is 0 Å². The number of carboxylic acid groups (broad SMARTS) is 1. The Labute approximate surface area is 110 Å². The molecule has 0 atom stereocenters. The molecular weight excluding hydrogens is 246 g/mol. The van der Waals surface area contributed by atoms with Gasteiger partial charge in [-0.1, -0.05) is 12.1 Å². The number of fused-ring (bicyclic) bond motifs is 1. The van der Waals surface area contributed by atoms with E-state index in [1.165, 1.54) is 0 Å². The minimum Gasteiger partial charge on any atom is -0.496 e. The number of aliphatic carboxylic acids is 1. The first kappa shape index (κ1) is 13.0. The lowest BCUT2D eigenvalue weighted by atomic mass is 10.1. The first-order chi connectivity index (χ1) is 9.15. The van der Waals surface area contributed by atoms with Gasteiger partial charge in [-0.3, -0.25) is 4.79 Å². The van der Waals surface area contributed by atoms with Gasteiger partial charge in [0.05, 0.1) is 19.9 Å². The average molecular weight is 261 g/mol. The summed E-state index contributed by atoms with van der Waals surface area (Å²) in [5, 5.41) is 13.4. The van der Waals surface area contributed by atoms with Gasteiger partial charge in [0.15, 0.2) is 0 Å². The number of rotatable bonds is 5. The molecule has 0 heterocycles. The van der Waals surface area contributed by atoms with Gasteiger partial charge in [0.1, 0.15) is 18.0 Å². The molecule has 2 N–H and O–H groups in total. The zero-order chi connectivity index (χ0) is 13.8. The molecule has 2 aromatic carbocycles. The average Bonchev–Trinajstić information content (AvgIpc) is 2.43. The van der Waals surface area contributed by atoms with E-state index in [2.05, 4.69) is 5.32 Å². The number of hydrogen-bond donors (Lipinski definition) is 2. The van der Waals surface area contributed by atoms with E-state index >= 15 is 0 Å². The van der Waals surface area contributed by atoms with Crippen LogP contribution in [0.25, 0.3) is 10.8 Å². The molecule has 0 radical (unpaired) electrons. The molecule has 100 valence electrons. The zero-order valence-electron chi connectivity index (χ0n) is 10.8. The fraction of sp³-hybridized carbons (Fsp3) is 0.214. The van der Waals surface area contributed by atoms with Crippen molar-refractivity contribution in [2.75, 3.05) is 26.1 Å². The minimum atomic E-state index is -0.929. The van der Waals surface area contributed by atoms with Gasteiger partial charge in [-0.25, -0.2) is 0 Å². The lowest BCUT2D eigenvalue weighted by molar-refractivity contribution is -0.134. The molecule has 0 amide bonds. The van der Waals surface area contributed by atoms with Crippen molar-refractivity contribution >= 4 is 22.4 Å². The third-order valence-electron chi connectivity index (χ3n) is 2.81. The van der Waals surface area contributed by atoms with Gasteiger partial charge in [-0.2, -0.15) is 0 Å². The van der Waals surface area contributed by atoms with Crippen molar-refractivity contribution in [2.45, 2.75) is 0 Å². The summed E-state index contributed by atoms with van der Waals surface area (Å²) < 4.78 is 10.6. The molecule has 0 bridgehead atoms. The fourth-order valence-electron chi connectivity index (χ4n) is 1.93. The number of methoxy groups -OCH3 is 2. The minimum absolute atomic E-state index is 0.170. The topological polar surface area (TPSA) is 67.8 Å². The van der Waals surface area contributed by atoms with E-state index in [1.54, 1.807) is 14.2 Å². The highest BCUT2D eigenvalue weighted by Crippen LogP contribution is 2.34. The van der Waals surface area contributed by atoms with Crippen molar-refractivity contribution in [3.8, 4) is 11.5 Å². The van der Waals surface area contributed by atoms with E-state index in [1.807, 2.05) is 30.3 Å². The summed E-state index contributed by atoms with van der Waals surface area (Å²) in [5.74, 6) is 0.405. The van der Waals surface area contributed by atoms with Crippen molar-refractivity contribution in [3.05, 3.63) is 30.3 Å². The summed E-state index contributed by atoms with van der Waals surface area (Å²) in [7, 11) is 3.15. The molecule has 0 aliphatic carbocycles. The molecule has 0 saturated carbocycles. The van der Waals surface area contributed by atoms with Crippen LogP contribution in [0.2, 0.25) is 0 Å². The molecule has 5 nitrogen and oxygen atoms in total. The number of carboxylic acids is 1. The summed E-state index contributed by atoms with van der Waals surface area (Å²) in [5.41, 5.74) is 0.627. The van der Waals surface area contributed by atoms with Crippen LogP contribution in [-0.2, 0) is 4.79 Å². The second-order valence-electron chi connectivity index (χ2n) is 3.98. The SMILES string of the molecule is COc1cc2cccc(OC)c2cc1NCC(=O)O. The fourth-order valence-corrected chi connectivity index (χ4v) is 1.93. The van der Waals surface area contributed by atoms with E-state index in [-0.39, 0.29) is 6.54 Å². The number of hydrogen-bond acceptors (Lipinski definition) is 4. The maximum atomic E-state index is 10.6. The summed E-state index contributed by atoms with van der Waals surface area (Å²) >= 11 is 0. The Bertz CT molecular complexity index is 610. The smallest absolute Gasteiger partial charge is 0.322 e. The van der Waals surface area contributed by atoms with Crippen LogP contribution in [0.15, 0.2) is 30.3 Å². The maximum absolute atomic E-state index is 10.6. The highest BCUT2D eigenvalue weighted by molar-refractivity contribution is 5.93. The van der Waals surface area contributed by atoms with Crippen molar-refractivity contribution in [1.29, 1.82) is 0 Å². The summed E-state index contributed by atoms with van der Waals surface area (Å²) in [6.45, 7) is -0.170.